The lowest BCUT2D eigenvalue weighted by Crippen LogP contribution is -2.03. The number of hydrogen-bond acceptors (Lipinski definition) is 4. The molecule has 0 heterocycles. The Kier molecular flexibility index (Phi) is 8.89. The van der Waals surface area contributed by atoms with Gasteiger partial charge in [0, 0.05) is 11.4 Å². The van der Waals surface area contributed by atoms with Gasteiger partial charge in [-0.15, -0.1) is 0 Å². The zero-order valence-corrected chi connectivity index (χ0v) is 11.4. The molecule has 108 valence electrons. The highest BCUT2D eigenvalue weighted by Crippen LogP contribution is 2.14. The van der Waals surface area contributed by atoms with Crippen molar-refractivity contribution in [2.24, 2.45) is 0 Å². The van der Waals surface area contributed by atoms with Gasteiger partial charge in [-0.2, -0.15) is 0 Å². The number of para-hydroxylation sites is 2. The van der Waals surface area contributed by atoms with Crippen LogP contribution in [0.4, 0.5) is 11.4 Å². The smallest absolute Gasteiger partial charge is 0.0698 e. The fraction of sp³-hybridized carbons (Fsp3) is 0.250. The van der Waals surface area contributed by atoms with Gasteiger partial charge in [0.2, 0.25) is 0 Å². The van der Waals surface area contributed by atoms with Crippen molar-refractivity contribution >= 4 is 11.4 Å². The molecule has 0 bridgehead atoms. The van der Waals surface area contributed by atoms with Gasteiger partial charge in [-0.25, -0.2) is 0 Å². The van der Waals surface area contributed by atoms with Gasteiger partial charge in [-0.1, -0.05) is 36.4 Å². The van der Waals surface area contributed by atoms with Crippen molar-refractivity contribution in [1.82, 2.24) is 0 Å². The zero-order chi connectivity index (χ0) is 14.5. The van der Waals surface area contributed by atoms with E-state index < -0.39 is 0 Å². The van der Waals surface area contributed by atoms with E-state index in [4.69, 9.17) is 10.2 Å². The first-order valence-corrected chi connectivity index (χ1v) is 6.53. The lowest BCUT2D eigenvalue weighted by molar-refractivity contribution is 0.0650. The molecule has 0 saturated carbocycles. The summed E-state index contributed by atoms with van der Waals surface area (Å²) in [6.07, 6.45) is 0. The molecule has 0 aliphatic carbocycles. The van der Waals surface area contributed by atoms with E-state index in [1.807, 2.05) is 60.7 Å². The number of aliphatic hydroxyl groups is 2. The van der Waals surface area contributed by atoms with E-state index >= 15 is 0 Å². The molecule has 0 amide bonds. The molecule has 0 atom stereocenters. The Morgan fingerprint density at radius 1 is 0.700 bits per heavy atom. The molecule has 0 aliphatic heterocycles. The van der Waals surface area contributed by atoms with E-state index in [-0.39, 0.29) is 13.2 Å². The first-order valence-electron chi connectivity index (χ1n) is 6.53. The van der Waals surface area contributed by atoms with Gasteiger partial charge in [0.05, 0.1) is 26.4 Å². The average molecular weight is 275 g/mol. The normalized spacial score (nSPS) is 9.50. The predicted octanol–water partition coefficient (Wildman–Crippen LogP) is 2.42. The van der Waals surface area contributed by atoms with Crippen LogP contribution in [0.2, 0.25) is 0 Å². The van der Waals surface area contributed by atoms with Gasteiger partial charge in [0.1, 0.15) is 0 Å². The first-order chi connectivity index (χ1) is 9.86. The summed E-state index contributed by atoms with van der Waals surface area (Å²) in [6, 6.07) is 20.3. The van der Waals surface area contributed by atoms with Crippen molar-refractivity contribution in [3.05, 3.63) is 60.7 Å². The molecule has 2 aromatic rings. The van der Waals surface area contributed by atoms with Crippen LogP contribution >= 0.6 is 0 Å². The number of hydrogen-bond donors (Lipinski definition) is 3. The second kappa shape index (κ2) is 11.0. The Labute approximate surface area is 119 Å². The number of benzene rings is 2. The summed E-state index contributed by atoms with van der Waals surface area (Å²) in [5, 5.41) is 19.5. The van der Waals surface area contributed by atoms with Crippen LogP contribution < -0.4 is 5.32 Å². The number of ether oxygens (including phenoxy) is 1. The Hall–Kier alpha value is -1.88. The second-order valence-electron chi connectivity index (χ2n) is 3.92. The van der Waals surface area contributed by atoms with Crippen LogP contribution in [-0.4, -0.2) is 36.6 Å². The van der Waals surface area contributed by atoms with E-state index in [1.54, 1.807) is 0 Å². The van der Waals surface area contributed by atoms with Crippen molar-refractivity contribution in [2.45, 2.75) is 0 Å². The highest BCUT2D eigenvalue weighted by molar-refractivity contribution is 5.58. The van der Waals surface area contributed by atoms with E-state index in [1.165, 1.54) is 0 Å². The first kappa shape index (κ1) is 16.2. The van der Waals surface area contributed by atoms with Crippen LogP contribution in [0.3, 0.4) is 0 Å². The largest absolute Gasteiger partial charge is 0.394 e. The number of aliphatic hydroxyl groups excluding tert-OH is 2. The summed E-state index contributed by atoms with van der Waals surface area (Å²) >= 11 is 0. The lowest BCUT2D eigenvalue weighted by atomic mass is 10.3. The summed E-state index contributed by atoms with van der Waals surface area (Å²) in [6.45, 7) is 0.696. The fourth-order valence-corrected chi connectivity index (χ4v) is 1.44. The molecule has 0 saturated heterocycles. The maximum atomic E-state index is 8.09. The Balaban J connectivity index is 0.000000246. The zero-order valence-electron chi connectivity index (χ0n) is 11.4. The van der Waals surface area contributed by atoms with Gasteiger partial charge in [-0.05, 0) is 24.3 Å². The van der Waals surface area contributed by atoms with Crippen molar-refractivity contribution in [2.75, 3.05) is 31.7 Å². The van der Waals surface area contributed by atoms with Crippen molar-refractivity contribution < 1.29 is 14.9 Å². The van der Waals surface area contributed by atoms with Crippen LogP contribution in [0.1, 0.15) is 0 Å². The molecule has 0 aliphatic rings. The molecule has 0 unspecified atom stereocenters. The maximum absolute atomic E-state index is 8.09. The molecule has 0 spiro atoms. The second-order valence-corrected chi connectivity index (χ2v) is 3.92. The maximum Gasteiger partial charge on any atom is 0.0698 e. The average Bonchev–Trinajstić information content (AvgIpc) is 2.51. The molecule has 4 heteroatoms. The molecule has 20 heavy (non-hydrogen) atoms. The van der Waals surface area contributed by atoms with Gasteiger partial charge >= 0.3 is 0 Å². The molecule has 4 nitrogen and oxygen atoms in total. The third-order valence-electron chi connectivity index (χ3n) is 2.31. The van der Waals surface area contributed by atoms with E-state index in [2.05, 4.69) is 10.1 Å². The number of anilines is 2. The molecule has 3 N–H and O–H groups in total. The SMILES string of the molecule is OCCOCCO.c1ccc(Nc2ccccc2)cc1. The Morgan fingerprint density at radius 3 is 1.45 bits per heavy atom. The Morgan fingerprint density at radius 2 is 1.10 bits per heavy atom. The molecule has 0 radical (unpaired) electrons. The van der Waals surface area contributed by atoms with E-state index in [9.17, 15) is 0 Å². The van der Waals surface area contributed by atoms with Crippen LogP contribution in [0.5, 0.6) is 0 Å². The van der Waals surface area contributed by atoms with Crippen molar-refractivity contribution in [3.8, 4) is 0 Å². The fourth-order valence-electron chi connectivity index (χ4n) is 1.44. The third-order valence-corrected chi connectivity index (χ3v) is 2.31. The summed E-state index contributed by atoms with van der Waals surface area (Å²) in [7, 11) is 0. The van der Waals surface area contributed by atoms with Crippen molar-refractivity contribution in [1.29, 1.82) is 0 Å². The van der Waals surface area contributed by atoms with Gasteiger partial charge in [-0.3, -0.25) is 0 Å². The molecule has 2 aromatic carbocycles. The monoisotopic (exact) mass is 275 g/mol. The van der Waals surface area contributed by atoms with Crippen LogP contribution in [0.25, 0.3) is 0 Å². The van der Waals surface area contributed by atoms with Gasteiger partial charge < -0.3 is 20.3 Å². The van der Waals surface area contributed by atoms with Crippen LogP contribution in [0, 0.1) is 0 Å². The van der Waals surface area contributed by atoms with Gasteiger partial charge in [0.15, 0.2) is 0 Å². The summed E-state index contributed by atoms with van der Waals surface area (Å²) in [5.41, 5.74) is 2.24. The summed E-state index contributed by atoms with van der Waals surface area (Å²) < 4.78 is 4.63. The predicted molar refractivity (Wildman–Crippen MR) is 81.2 cm³/mol. The minimum Gasteiger partial charge on any atom is -0.394 e. The minimum absolute atomic E-state index is 0.0278. The number of rotatable bonds is 6. The topological polar surface area (TPSA) is 61.7 Å². The third kappa shape index (κ3) is 7.53. The van der Waals surface area contributed by atoms with Crippen molar-refractivity contribution in [3.63, 3.8) is 0 Å². The van der Waals surface area contributed by atoms with E-state index in [0.29, 0.717) is 13.2 Å². The molecule has 0 fully saturated rings. The van der Waals surface area contributed by atoms with E-state index in [0.717, 1.165) is 11.4 Å². The minimum atomic E-state index is 0.0278. The highest BCUT2D eigenvalue weighted by atomic mass is 16.5. The summed E-state index contributed by atoms with van der Waals surface area (Å²) in [4.78, 5) is 0. The Bertz CT molecular complexity index is 392. The highest BCUT2D eigenvalue weighted by Gasteiger charge is 1.89. The molecule has 0 aromatic heterocycles. The lowest BCUT2D eigenvalue weighted by Gasteiger charge is -2.04. The molecule has 2 rings (SSSR count). The molecular weight excluding hydrogens is 254 g/mol. The van der Waals surface area contributed by atoms with Crippen LogP contribution in [-0.2, 0) is 4.74 Å². The standard InChI is InChI=1S/C12H11N.C4H10O3/c1-3-7-11(8-4-1)13-12-9-5-2-6-10-12;5-1-3-7-4-2-6/h1-10,13H;5-6H,1-4H2. The quantitative estimate of drug-likeness (QED) is 0.709. The summed E-state index contributed by atoms with van der Waals surface area (Å²) in [5.74, 6) is 0. The van der Waals surface area contributed by atoms with Gasteiger partial charge in [0.25, 0.3) is 0 Å². The molecular formula is C16H21NO3. The van der Waals surface area contributed by atoms with Crippen LogP contribution in [0.15, 0.2) is 60.7 Å². The number of nitrogens with one attached hydrogen (secondary N) is 1.